The highest BCUT2D eigenvalue weighted by Gasteiger charge is 2.43. The summed E-state index contributed by atoms with van der Waals surface area (Å²) in [4.78, 5) is 0.198. The molecule has 0 aromatic heterocycles. The average molecular weight is 374 g/mol. The number of hydrogen-bond acceptors (Lipinski definition) is 5. The van der Waals surface area contributed by atoms with Crippen LogP contribution in [-0.4, -0.2) is 54.4 Å². The van der Waals surface area contributed by atoms with Crippen molar-refractivity contribution in [3.63, 3.8) is 0 Å². The standard InChI is InChI=1S/C15H23N3O4S2/c1-16-23(19,20)13-2-4-14(5-3-13)24(21,22)18-11-8-15(12-18)6-9-17-10-7-15/h2-5,16-17H,6-12H2,1H3. The smallest absolute Gasteiger partial charge is 0.243 e. The van der Waals surface area contributed by atoms with Gasteiger partial charge in [0.1, 0.15) is 0 Å². The number of piperidine rings is 1. The SMILES string of the molecule is CNS(=O)(=O)c1ccc(S(=O)(=O)N2CCC3(CCNCC3)C2)cc1. The van der Waals surface area contributed by atoms with Gasteiger partial charge in [0.2, 0.25) is 20.0 Å². The lowest BCUT2D eigenvalue weighted by Gasteiger charge is -2.33. The van der Waals surface area contributed by atoms with Gasteiger partial charge in [-0.25, -0.2) is 21.6 Å². The van der Waals surface area contributed by atoms with Crippen molar-refractivity contribution in [1.82, 2.24) is 14.3 Å². The summed E-state index contributed by atoms with van der Waals surface area (Å²) >= 11 is 0. The van der Waals surface area contributed by atoms with Crippen LogP contribution in [0.1, 0.15) is 19.3 Å². The Morgan fingerprint density at radius 1 is 1.00 bits per heavy atom. The van der Waals surface area contributed by atoms with E-state index in [-0.39, 0.29) is 15.2 Å². The van der Waals surface area contributed by atoms with Crippen molar-refractivity contribution in [3.05, 3.63) is 24.3 Å². The summed E-state index contributed by atoms with van der Waals surface area (Å²) in [6.07, 6.45) is 2.89. The lowest BCUT2D eigenvalue weighted by atomic mass is 9.78. The van der Waals surface area contributed by atoms with E-state index in [4.69, 9.17) is 0 Å². The van der Waals surface area contributed by atoms with Gasteiger partial charge in [-0.3, -0.25) is 0 Å². The van der Waals surface area contributed by atoms with Gasteiger partial charge in [-0.15, -0.1) is 0 Å². The first-order chi connectivity index (χ1) is 11.3. The zero-order valence-corrected chi connectivity index (χ0v) is 15.3. The normalized spacial score (nSPS) is 22.0. The van der Waals surface area contributed by atoms with Gasteiger partial charge >= 0.3 is 0 Å². The summed E-state index contributed by atoms with van der Waals surface area (Å²) in [7, 11) is -5.83. The molecule has 9 heteroatoms. The molecule has 2 aliphatic rings. The summed E-state index contributed by atoms with van der Waals surface area (Å²) < 4.78 is 52.9. The lowest BCUT2D eigenvalue weighted by Crippen LogP contribution is -2.39. The molecule has 24 heavy (non-hydrogen) atoms. The van der Waals surface area contributed by atoms with Gasteiger partial charge < -0.3 is 5.32 Å². The molecule has 0 aliphatic carbocycles. The molecule has 0 atom stereocenters. The van der Waals surface area contributed by atoms with Crippen LogP contribution in [0.4, 0.5) is 0 Å². The summed E-state index contributed by atoms with van der Waals surface area (Å²) in [5, 5.41) is 3.32. The average Bonchev–Trinajstić information content (AvgIpc) is 3.00. The van der Waals surface area contributed by atoms with Crippen molar-refractivity contribution in [2.75, 3.05) is 33.2 Å². The maximum Gasteiger partial charge on any atom is 0.243 e. The number of nitrogens with one attached hydrogen (secondary N) is 2. The fourth-order valence-electron chi connectivity index (χ4n) is 3.52. The minimum Gasteiger partial charge on any atom is -0.317 e. The van der Waals surface area contributed by atoms with E-state index in [9.17, 15) is 16.8 Å². The van der Waals surface area contributed by atoms with E-state index in [1.54, 1.807) is 4.31 Å². The Morgan fingerprint density at radius 3 is 2.17 bits per heavy atom. The number of nitrogens with zero attached hydrogens (tertiary/aromatic N) is 1. The molecule has 1 aromatic carbocycles. The summed E-state index contributed by atoms with van der Waals surface area (Å²) in [5.74, 6) is 0. The molecule has 2 heterocycles. The summed E-state index contributed by atoms with van der Waals surface area (Å²) in [6, 6.07) is 5.39. The molecule has 0 saturated carbocycles. The van der Waals surface area contributed by atoms with Crippen molar-refractivity contribution in [3.8, 4) is 0 Å². The Bertz CT molecular complexity index is 798. The molecule has 0 amide bonds. The van der Waals surface area contributed by atoms with Gasteiger partial charge in [-0.05, 0) is 69.1 Å². The largest absolute Gasteiger partial charge is 0.317 e. The molecule has 0 unspecified atom stereocenters. The highest BCUT2D eigenvalue weighted by molar-refractivity contribution is 7.89. The molecule has 2 saturated heterocycles. The van der Waals surface area contributed by atoms with E-state index in [2.05, 4.69) is 10.0 Å². The van der Waals surface area contributed by atoms with Gasteiger partial charge in [-0.2, -0.15) is 4.31 Å². The highest BCUT2D eigenvalue weighted by atomic mass is 32.2. The number of benzene rings is 1. The zero-order valence-electron chi connectivity index (χ0n) is 13.7. The maximum absolute atomic E-state index is 12.8. The summed E-state index contributed by atoms with van der Waals surface area (Å²) in [5.41, 5.74) is 0.0910. The van der Waals surface area contributed by atoms with Crippen LogP contribution in [0.5, 0.6) is 0 Å². The van der Waals surface area contributed by atoms with Crippen molar-refractivity contribution in [2.45, 2.75) is 29.1 Å². The van der Waals surface area contributed by atoms with Crippen LogP contribution in [0.3, 0.4) is 0 Å². The van der Waals surface area contributed by atoms with Crippen molar-refractivity contribution in [2.24, 2.45) is 5.41 Å². The predicted molar refractivity (Wildman–Crippen MR) is 90.6 cm³/mol. The van der Waals surface area contributed by atoms with Gasteiger partial charge in [0.25, 0.3) is 0 Å². The molecule has 3 rings (SSSR count). The van der Waals surface area contributed by atoms with Gasteiger partial charge in [0, 0.05) is 13.1 Å². The van der Waals surface area contributed by atoms with E-state index in [1.165, 1.54) is 31.3 Å². The van der Waals surface area contributed by atoms with E-state index < -0.39 is 20.0 Å². The second-order valence-electron chi connectivity index (χ2n) is 6.52. The van der Waals surface area contributed by atoms with Crippen LogP contribution < -0.4 is 10.0 Å². The molecule has 2 N–H and O–H groups in total. The molecule has 1 aromatic rings. The lowest BCUT2D eigenvalue weighted by molar-refractivity contribution is 0.218. The Morgan fingerprint density at radius 2 is 1.58 bits per heavy atom. The van der Waals surface area contributed by atoms with E-state index in [1.807, 2.05) is 0 Å². The first-order valence-electron chi connectivity index (χ1n) is 8.04. The first-order valence-corrected chi connectivity index (χ1v) is 11.0. The molecule has 0 bridgehead atoms. The minimum atomic E-state index is -3.59. The zero-order chi connectivity index (χ0) is 17.4. The van der Waals surface area contributed by atoms with E-state index >= 15 is 0 Å². The fraction of sp³-hybridized carbons (Fsp3) is 0.600. The molecule has 0 radical (unpaired) electrons. The van der Waals surface area contributed by atoms with Crippen LogP contribution in [0.15, 0.2) is 34.1 Å². The van der Waals surface area contributed by atoms with Crippen molar-refractivity contribution >= 4 is 20.0 Å². The molecule has 2 fully saturated rings. The molecular weight excluding hydrogens is 350 g/mol. The minimum absolute atomic E-state index is 0.0557. The molecule has 2 aliphatic heterocycles. The third-order valence-electron chi connectivity index (χ3n) is 5.11. The van der Waals surface area contributed by atoms with Gasteiger partial charge in [0.05, 0.1) is 9.79 Å². The van der Waals surface area contributed by atoms with Crippen LogP contribution in [0.2, 0.25) is 0 Å². The molecule has 7 nitrogen and oxygen atoms in total. The van der Waals surface area contributed by atoms with Crippen LogP contribution in [-0.2, 0) is 20.0 Å². The Balaban J connectivity index is 1.81. The fourth-order valence-corrected chi connectivity index (χ4v) is 5.81. The number of sulfonamides is 2. The third-order valence-corrected chi connectivity index (χ3v) is 8.40. The van der Waals surface area contributed by atoms with Gasteiger partial charge in [-0.1, -0.05) is 0 Å². The summed E-state index contributed by atoms with van der Waals surface area (Å²) in [6.45, 7) is 2.95. The highest BCUT2D eigenvalue weighted by Crippen LogP contribution is 2.40. The predicted octanol–water partition coefficient (Wildman–Crippen LogP) is 0.359. The van der Waals surface area contributed by atoms with Crippen LogP contribution in [0.25, 0.3) is 0 Å². The van der Waals surface area contributed by atoms with Crippen LogP contribution >= 0.6 is 0 Å². The molecule has 134 valence electrons. The maximum atomic E-state index is 12.8. The van der Waals surface area contributed by atoms with Gasteiger partial charge in [0.15, 0.2) is 0 Å². The van der Waals surface area contributed by atoms with Crippen molar-refractivity contribution < 1.29 is 16.8 Å². The Kier molecular flexibility index (Phi) is 4.73. The third kappa shape index (κ3) is 3.23. The number of rotatable bonds is 4. The number of hydrogen-bond donors (Lipinski definition) is 2. The Hall–Kier alpha value is -1.00. The quantitative estimate of drug-likeness (QED) is 0.794. The second kappa shape index (κ2) is 6.38. The Labute approximate surface area is 143 Å². The van der Waals surface area contributed by atoms with E-state index in [0.717, 1.165) is 32.4 Å². The van der Waals surface area contributed by atoms with Crippen LogP contribution in [0, 0.1) is 5.41 Å². The van der Waals surface area contributed by atoms with E-state index in [0.29, 0.717) is 13.1 Å². The monoisotopic (exact) mass is 373 g/mol. The first kappa shape index (κ1) is 17.8. The van der Waals surface area contributed by atoms with Crippen molar-refractivity contribution in [1.29, 1.82) is 0 Å². The molecule has 1 spiro atoms. The topological polar surface area (TPSA) is 95.6 Å². The second-order valence-corrected chi connectivity index (χ2v) is 10.3. The molecular formula is C15H23N3O4S2.